The van der Waals surface area contributed by atoms with E-state index in [1.165, 1.54) is 0 Å². The molecule has 5 heteroatoms. The molecule has 1 unspecified atom stereocenters. The Hall–Kier alpha value is -1.17. The number of pyridine rings is 1. The Morgan fingerprint density at radius 1 is 1.41 bits per heavy atom. The lowest BCUT2D eigenvalue weighted by Gasteiger charge is -2.23. The molecule has 1 heterocycles. The van der Waals surface area contributed by atoms with Crippen molar-refractivity contribution in [1.29, 1.82) is 0 Å². The predicted molar refractivity (Wildman–Crippen MR) is 71.1 cm³/mol. The van der Waals surface area contributed by atoms with Crippen LogP contribution < -0.4 is 17.0 Å². The molecule has 0 aliphatic rings. The van der Waals surface area contributed by atoms with Crippen LogP contribution >= 0.6 is 0 Å². The molecule has 0 amide bonds. The maximum absolute atomic E-state index is 5.92. The van der Waals surface area contributed by atoms with E-state index in [9.17, 15) is 0 Å². The first-order chi connectivity index (χ1) is 8.22. The van der Waals surface area contributed by atoms with Crippen LogP contribution in [-0.4, -0.2) is 29.5 Å². The minimum absolute atomic E-state index is 0.0595. The van der Waals surface area contributed by atoms with Crippen molar-refractivity contribution in [3.8, 4) is 0 Å². The highest BCUT2D eigenvalue weighted by atomic mass is 15.2. The molecule has 1 atom stereocenters. The summed E-state index contributed by atoms with van der Waals surface area (Å²) in [6.07, 6.45) is 4.40. The lowest BCUT2D eigenvalue weighted by atomic mass is 10.0. The number of hydrazine groups is 1. The summed E-state index contributed by atoms with van der Waals surface area (Å²) in [5, 5.41) is 0. The SMILES string of the molecule is CCN(CC)CCC(NN)c1cnccc1N. The fourth-order valence-electron chi connectivity index (χ4n) is 1.89. The molecule has 0 aliphatic carbocycles. The standard InChI is InChI=1S/C12H23N5/c1-3-17(4-2)8-6-12(16-14)10-9-15-7-5-11(10)13/h5,7,9,12,16H,3-4,6,8,14H2,1-2H3,(H2,13,15). The second kappa shape index (κ2) is 7.21. The van der Waals surface area contributed by atoms with Crippen LogP contribution in [0, 0.1) is 0 Å². The third kappa shape index (κ3) is 3.96. The normalized spacial score (nSPS) is 12.9. The molecule has 0 saturated carbocycles. The van der Waals surface area contributed by atoms with Crippen LogP contribution in [0.4, 0.5) is 5.69 Å². The molecule has 1 aromatic heterocycles. The first-order valence-electron chi connectivity index (χ1n) is 6.10. The molecule has 1 rings (SSSR count). The van der Waals surface area contributed by atoms with Crippen LogP contribution in [0.15, 0.2) is 18.5 Å². The van der Waals surface area contributed by atoms with Crippen LogP contribution in [0.5, 0.6) is 0 Å². The summed E-state index contributed by atoms with van der Waals surface area (Å²) in [5.74, 6) is 5.59. The summed E-state index contributed by atoms with van der Waals surface area (Å²) < 4.78 is 0. The lowest BCUT2D eigenvalue weighted by Crippen LogP contribution is -2.33. The Morgan fingerprint density at radius 2 is 2.12 bits per heavy atom. The summed E-state index contributed by atoms with van der Waals surface area (Å²) >= 11 is 0. The molecule has 5 N–H and O–H groups in total. The lowest BCUT2D eigenvalue weighted by molar-refractivity contribution is 0.282. The van der Waals surface area contributed by atoms with Gasteiger partial charge in [0.05, 0.1) is 6.04 Å². The first-order valence-corrected chi connectivity index (χ1v) is 6.10. The summed E-state index contributed by atoms with van der Waals surface area (Å²) in [6, 6.07) is 1.86. The molecule has 0 fully saturated rings. The molecule has 0 saturated heterocycles. The van der Waals surface area contributed by atoms with Crippen molar-refractivity contribution in [2.45, 2.75) is 26.3 Å². The van der Waals surface area contributed by atoms with E-state index in [-0.39, 0.29) is 6.04 Å². The monoisotopic (exact) mass is 237 g/mol. The van der Waals surface area contributed by atoms with Crippen LogP contribution in [-0.2, 0) is 0 Å². The van der Waals surface area contributed by atoms with Crippen molar-refractivity contribution < 1.29 is 0 Å². The molecule has 0 spiro atoms. The maximum Gasteiger partial charge on any atom is 0.0507 e. The van der Waals surface area contributed by atoms with E-state index in [0.717, 1.165) is 37.3 Å². The number of hydrogen-bond donors (Lipinski definition) is 3. The molecule has 0 aliphatic heterocycles. The van der Waals surface area contributed by atoms with Crippen LogP contribution in [0.1, 0.15) is 31.9 Å². The van der Waals surface area contributed by atoms with Gasteiger partial charge in [0.15, 0.2) is 0 Å². The second-order valence-corrected chi connectivity index (χ2v) is 4.04. The van der Waals surface area contributed by atoms with Gasteiger partial charge in [-0.05, 0) is 32.1 Å². The molecule has 0 radical (unpaired) electrons. The molecule has 96 valence electrons. The van der Waals surface area contributed by atoms with Gasteiger partial charge in [-0.25, -0.2) is 0 Å². The second-order valence-electron chi connectivity index (χ2n) is 4.04. The Labute approximate surface area is 103 Å². The number of aromatic nitrogens is 1. The van der Waals surface area contributed by atoms with E-state index in [1.807, 2.05) is 0 Å². The zero-order valence-electron chi connectivity index (χ0n) is 10.7. The zero-order chi connectivity index (χ0) is 12.7. The van der Waals surface area contributed by atoms with E-state index in [4.69, 9.17) is 11.6 Å². The fraction of sp³-hybridized carbons (Fsp3) is 0.583. The average molecular weight is 237 g/mol. The summed E-state index contributed by atoms with van der Waals surface area (Å²) in [6.45, 7) is 7.42. The highest BCUT2D eigenvalue weighted by molar-refractivity contribution is 5.46. The van der Waals surface area contributed by atoms with E-state index in [0.29, 0.717) is 0 Å². The first kappa shape index (κ1) is 13.9. The van der Waals surface area contributed by atoms with Gasteiger partial charge < -0.3 is 10.6 Å². The molecular weight excluding hydrogens is 214 g/mol. The Balaban J connectivity index is 2.63. The number of nitrogens with two attached hydrogens (primary N) is 2. The summed E-state index contributed by atoms with van der Waals surface area (Å²) in [4.78, 5) is 6.45. The Kier molecular flexibility index (Phi) is 5.90. The van der Waals surface area contributed by atoms with E-state index >= 15 is 0 Å². The largest absolute Gasteiger partial charge is 0.398 e. The van der Waals surface area contributed by atoms with E-state index < -0.39 is 0 Å². The van der Waals surface area contributed by atoms with Gasteiger partial charge in [0, 0.05) is 23.6 Å². The van der Waals surface area contributed by atoms with Gasteiger partial charge in [0.25, 0.3) is 0 Å². The van der Waals surface area contributed by atoms with Crippen molar-refractivity contribution in [3.63, 3.8) is 0 Å². The number of hydrogen-bond acceptors (Lipinski definition) is 5. The number of nitrogen functional groups attached to an aromatic ring is 1. The van der Waals surface area contributed by atoms with E-state index in [2.05, 4.69) is 29.2 Å². The zero-order valence-corrected chi connectivity index (χ0v) is 10.7. The van der Waals surface area contributed by atoms with Gasteiger partial charge in [-0.3, -0.25) is 16.3 Å². The number of nitrogens with one attached hydrogen (secondary N) is 1. The average Bonchev–Trinajstić information content (AvgIpc) is 2.36. The number of rotatable bonds is 7. The summed E-state index contributed by atoms with van der Waals surface area (Å²) in [7, 11) is 0. The van der Waals surface area contributed by atoms with Gasteiger partial charge in [-0.1, -0.05) is 13.8 Å². The third-order valence-corrected chi connectivity index (χ3v) is 3.09. The highest BCUT2D eigenvalue weighted by Crippen LogP contribution is 2.21. The number of nitrogens with zero attached hydrogens (tertiary/aromatic N) is 2. The van der Waals surface area contributed by atoms with Crippen LogP contribution in [0.25, 0.3) is 0 Å². The van der Waals surface area contributed by atoms with Gasteiger partial charge in [-0.15, -0.1) is 0 Å². The molecule has 5 nitrogen and oxygen atoms in total. The molecule has 0 aromatic carbocycles. The predicted octanol–water partition coefficient (Wildman–Crippen LogP) is 0.900. The van der Waals surface area contributed by atoms with Gasteiger partial charge >= 0.3 is 0 Å². The van der Waals surface area contributed by atoms with Crippen LogP contribution in [0.3, 0.4) is 0 Å². The highest BCUT2D eigenvalue weighted by Gasteiger charge is 2.13. The third-order valence-electron chi connectivity index (χ3n) is 3.09. The van der Waals surface area contributed by atoms with Crippen molar-refractivity contribution in [1.82, 2.24) is 15.3 Å². The van der Waals surface area contributed by atoms with Gasteiger partial charge in [0.1, 0.15) is 0 Å². The van der Waals surface area contributed by atoms with Crippen molar-refractivity contribution in [2.75, 3.05) is 25.4 Å². The fourth-order valence-corrected chi connectivity index (χ4v) is 1.89. The number of anilines is 1. The van der Waals surface area contributed by atoms with Gasteiger partial charge in [-0.2, -0.15) is 0 Å². The quantitative estimate of drug-likeness (QED) is 0.485. The van der Waals surface area contributed by atoms with Crippen molar-refractivity contribution in [3.05, 3.63) is 24.0 Å². The van der Waals surface area contributed by atoms with Crippen LogP contribution in [0.2, 0.25) is 0 Å². The Morgan fingerprint density at radius 3 is 2.65 bits per heavy atom. The maximum atomic E-state index is 5.92. The van der Waals surface area contributed by atoms with E-state index in [1.54, 1.807) is 18.5 Å². The molecule has 1 aromatic rings. The smallest absolute Gasteiger partial charge is 0.0507 e. The Bertz CT molecular complexity index is 324. The molecular formula is C12H23N5. The topological polar surface area (TPSA) is 80.2 Å². The molecule has 17 heavy (non-hydrogen) atoms. The molecule has 0 bridgehead atoms. The summed E-state index contributed by atoms with van der Waals surface area (Å²) in [5.41, 5.74) is 10.4. The minimum atomic E-state index is 0.0595. The minimum Gasteiger partial charge on any atom is -0.398 e. The van der Waals surface area contributed by atoms with Crippen molar-refractivity contribution in [2.24, 2.45) is 5.84 Å². The van der Waals surface area contributed by atoms with Gasteiger partial charge in [0.2, 0.25) is 0 Å². The van der Waals surface area contributed by atoms with Crippen molar-refractivity contribution >= 4 is 5.69 Å².